The van der Waals surface area contributed by atoms with E-state index in [9.17, 15) is 23.1 Å². The Labute approximate surface area is 156 Å². The van der Waals surface area contributed by atoms with Gasteiger partial charge in [0.25, 0.3) is 10.0 Å². The molecule has 0 amide bonds. The van der Waals surface area contributed by atoms with Crippen LogP contribution < -0.4 is 0 Å². The molecule has 1 aliphatic rings. The predicted molar refractivity (Wildman–Crippen MR) is 97.3 cm³/mol. The molecule has 1 aliphatic heterocycles. The summed E-state index contributed by atoms with van der Waals surface area (Å²) in [4.78, 5) is 24.8. The quantitative estimate of drug-likeness (QED) is 0.491. The molecule has 1 N–H and O–H groups in total. The zero-order valence-electron chi connectivity index (χ0n) is 14.5. The maximum absolute atomic E-state index is 13.1. The van der Waals surface area contributed by atoms with E-state index in [2.05, 4.69) is 0 Å². The monoisotopic (exact) mass is 387 g/mol. The summed E-state index contributed by atoms with van der Waals surface area (Å²) >= 11 is 0. The Morgan fingerprint density at radius 1 is 1.07 bits per heavy atom. The van der Waals surface area contributed by atoms with Gasteiger partial charge >= 0.3 is 5.97 Å². The number of carbonyl (C=O) groups excluding carboxylic acids is 2. The largest absolute Gasteiger partial charge is 0.505 e. The van der Waals surface area contributed by atoms with Gasteiger partial charge in [-0.3, -0.25) is 9.59 Å². The first-order valence-electron chi connectivity index (χ1n) is 8.18. The molecule has 140 valence electrons. The summed E-state index contributed by atoms with van der Waals surface area (Å²) in [6, 6.07) is 13.7. The molecule has 0 aromatic heterocycles. The zero-order chi connectivity index (χ0) is 19.6. The number of nitrogens with zero attached hydrogens (tertiary/aromatic N) is 1. The van der Waals surface area contributed by atoms with Crippen molar-refractivity contribution in [3.05, 3.63) is 71.4 Å². The predicted octanol–water partition coefficient (Wildman–Crippen LogP) is 2.36. The summed E-state index contributed by atoms with van der Waals surface area (Å²) in [5.74, 6) is -2.04. The lowest BCUT2D eigenvalue weighted by Gasteiger charge is -2.31. The number of fused-ring (bicyclic) bond motifs is 1. The summed E-state index contributed by atoms with van der Waals surface area (Å²) in [5, 5.41) is 10.7. The van der Waals surface area contributed by atoms with E-state index in [1.807, 2.05) is 0 Å². The molecule has 3 rings (SSSR count). The van der Waals surface area contributed by atoms with Gasteiger partial charge in [0.15, 0.2) is 5.76 Å². The fourth-order valence-electron chi connectivity index (χ4n) is 2.81. The number of ketones is 1. The van der Waals surface area contributed by atoms with Crippen LogP contribution in [0.3, 0.4) is 0 Å². The first kappa shape index (κ1) is 18.7. The first-order chi connectivity index (χ1) is 12.9. The summed E-state index contributed by atoms with van der Waals surface area (Å²) in [6.45, 7) is 0.921. The average Bonchev–Trinajstić information content (AvgIpc) is 2.67. The third-order valence-electron chi connectivity index (χ3n) is 4.01. The van der Waals surface area contributed by atoms with Gasteiger partial charge in [-0.05, 0) is 19.1 Å². The highest BCUT2D eigenvalue weighted by atomic mass is 32.2. The molecule has 27 heavy (non-hydrogen) atoms. The Balaban J connectivity index is 2.25. The van der Waals surface area contributed by atoms with E-state index in [4.69, 9.17) is 4.74 Å². The Bertz CT molecular complexity index is 1030. The van der Waals surface area contributed by atoms with Crippen molar-refractivity contribution in [2.24, 2.45) is 0 Å². The number of carbonyl (C=O) groups is 2. The number of benzene rings is 2. The van der Waals surface area contributed by atoms with Gasteiger partial charge in [-0.2, -0.15) is 0 Å². The lowest BCUT2D eigenvalue weighted by atomic mass is 10.0. The molecule has 0 saturated heterocycles. The van der Waals surface area contributed by atoms with Crippen molar-refractivity contribution in [3.8, 4) is 0 Å². The molecule has 0 radical (unpaired) electrons. The second kappa shape index (κ2) is 7.24. The molecule has 0 unspecified atom stereocenters. The van der Waals surface area contributed by atoms with Crippen molar-refractivity contribution >= 4 is 27.5 Å². The van der Waals surface area contributed by atoms with E-state index in [0.717, 1.165) is 0 Å². The Hall–Kier alpha value is -3.13. The van der Waals surface area contributed by atoms with Gasteiger partial charge < -0.3 is 9.84 Å². The van der Waals surface area contributed by atoms with Crippen molar-refractivity contribution in [2.75, 3.05) is 13.2 Å². The maximum atomic E-state index is 13.1. The van der Waals surface area contributed by atoms with Crippen LogP contribution in [0.4, 0.5) is 0 Å². The normalized spacial score (nSPS) is 17.2. The second-order valence-electron chi connectivity index (χ2n) is 5.71. The summed E-state index contributed by atoms with van der Waals surface area (Å²) in [7, 11) is -4.24. The summed E-state index contributed by atoms with van der Waals surface area (Å²) in [6.07, 6.45) is 0. The molecule has 0 bridgehead atoms. The molecule has 0 aliphatic carbocycles. The molecular weight excluding hydrogens is 370 g/mol. The SMILES string of the molecule is CCOC(=O)CN1/C(=C(/O)c2ccccc2)C(=O)c2ccccc2S1(=O)=O. The maximum Gasteiger partial charge on any atom is 0.326 e. The van der Waals surface area contributed by atoms with Crippen LogP contribution in [0, 0.1) is 0 Å². The number of sulfonamides is 1. The minimum Gasteiger partial charge on any atom is -0.505 e. The molecule has 7 nitrogen and oxygen atoms in total. The van der Waals surface area contributed by atoms with Gasteiger partial charge in [0, 0.05) is 11.1 Å². The van der Waals surface area contributed by atoms with Crippen LogP contribution in [0.25, 0.3) is 5.76 Å². The zero-order valence-corrected chi connectivity index (χ0v) is 15.3. The molecule has 1 heterocycles. The van der Waals surface area contributed by atoms with Gasteiger partial charge in [0.05, 0.1) is 11.5 Å². The smallest absolute Gasteiger partial charge is 0.326 e. The number of hydrogen-bond donors (Lipinski definition) is 1. The summed E-state index contributed by atoms with van der Waals surface area (Å²) < 4.78 is 31.6. The van der Waals surface area contributed by atoms with Crippen LogP contribution >= 0.6 is 0 Å². The van der Waals surface area contributed by atoms with Crippen LogP contribution in [-0.4, -0.2) is 42.7 Å². The Morgan fingerprint density at radius 3 is 2.37 bits per heavy atom. The Kier molecular flexibility index (Phi) is 5.00. The van der Waals surface area contributed by atoms with Crippen LogP contribution in [0.2, 0.25) is 0 Å². The molecule has 0 fully saturated rings. The van der Waals surface area contributed by atoms with Crippen molar-refractivity contribution in [2.45, 2.75) is 11.8 Å². The molecule has 8 heteroatoms. The number of rotatable bonds is 4. The highest BCUT2D eigenvalue weighted by molar-refractivity contribution is 7.89. The second-order valence-corrected chi connectivity index (χ2v) is 7.54. The molecular formula is C19H17NO6S. The topological polar surface area (TPSA) is 101 Å². The standard InChI is InChI=1S/C19H17NO6S/c1-2-26-16(21)12-20-17(18(22)13-8-4-3-5-9-13)19(23)14-10-6-7-11-15(14)27(20,24)25/h3-11,22H,2,12H2,1H3/b18-17+. The lowest BCUT2D eigenvalue weighted by molar-refractivity contribution is -0.142. The number of aliphatic hydroxyl groups is 1. The van der Waals surface area contributed by atoms with Gasteiger partial charge in [-0.15, -0.1) is 0 Å². The number of aliphatic hydroxyl groups excluding tert-OH is 1. The fourth-order valence-corrected chi connectivity index (χ4v) is 4.42. The van der Waals surface area contributed by atoms with Crippen LogP contribution in [0.5, 0.6) is 0 Å². The third kappa shape index (κ3) is 3.31. The van der Waals surface area contributed by atoms with E-state index >= 15 is 0 Å². The van der Waals surface area contributed by atoms with E-state index in [1.165, 1.54) is 36.4 Å². The molecule has 0 atom stereocenters. The number of Topliss-reactive ketones (excluding diaryl/α,β-unsaturated/α-hetero) is 1. The highest BCUT2D eigenvalue weighted by Gasteiger charge is 2.42. The van der Waals surface area contributed by atoms with Gasteiger partial charge in [0.2, 0.25) is 5.78 Å². The van der Waals surface area contributed by atoms with Crippen molar-refractivity contribution in [1.82, 2.24) is 4.31 Å². The molecule has 0 saturated carbocycles. The number of esters is 1. The number of allylic oxidation sites excluding steroid dienone is 1. The van der Waals surface area contributed by atoms with Gasteiger partial charge in [-0.1, -0.05) is 42.5 Å². The minimum absolute atomic E-state index is 0.0565. The lowest BCUT2D eigenvalue weighted by Crippen LogP contribution is -2.43. The highest BCUT2D eigenvalue weighted by Crippen LogP contribution is 2.35. The van der Waals surface area contributed by atoms with Crippen LogP contribution in [0.15, 0.2) is 65.2 Å². The number of hydrogen-bond acceptors (Lipinski definition) is 6. The molecule has 2 aromatic rings. The fraction of sp³-hybridized carbons (Fsp3) is 0.158. The van der Waals surface area contributed by atoms with Gasteiger partial charge in [-0.25, -0.2) is 12.7 Å². The first-order valence-corrected chi connectivity index (χ1v) is 9.62. The van der Waals surface area contributed by atoms with Crippen molar-refractivity contribution in [1.29, 1.82) is 0 Å². The average molecular weight is 387 g/mol. The summed E-state index contributed by atoms with van der Waals surface area (Å²) in [5.41, 5.74) is -0.285. The number of ether oxygens (including phenoxy) is 1. The van der Waals surface area contributed by atoms with Gasteiger partial charge in [0.1, 0.15) is 12.2 Å². The molecule has 2 aromatic carbocycles. The van der Waals surface area contributed by atoms with E-state index in [-0.39, 0.29) is 22.6 Å². The van der Waals surface area contributed by atoms with E-state index in [0.29, 0.717) is 4.31 Å². The minimum atomic E-state index is -4.24. The van der Waals surface area contributed by atoms with Crippen molar-refractivity contribution < 1.29 is 27.9 Å². The van der Waals surface area contributed by atoms with E-state index in [1.54, 1.807) is 25.1 Å². The third-order valence-corrected chi connectivity index (χ3v) is 5.82. The van der Waals surface area contributed by atoms with Crippen molar-refractivity contribution in [3.63, 3.8) is 0 Å². The Morgan fingerprint density at radius 2 is 1.70 bits per heavy atom. The van der Waals surface area contributed by atoms with Crippen LogP contribution in [-0.2, 0) is 19.6 Å². The molecule has 0 spiro atoms. The van der Waals surface area contributed by atoms with E-state index < -0.39 is 39.8 Å². The van der Waals surface area contributed by atoms with Crippen LogP contribution in [0.1, 0.15) is 22.8 Å².